The fourth-order valence-electron chi connectivity index (χ4n) is 3.04. The van der Waals surface area contributed by atoms with Gasteiger partial charge in [0.25, 0.3) is 10.1 Å². The maximum absolute atomic E-state index is 11.0. The predicted octanol–water partition coefficient (Wildman–Crippen LogP) is 3.44. The molecule has 0 spiro atoms. The third-order valence-electron chi connectivity index (χ3n) is 4.28. The molecule has 4 rings (SSSR count). The highest BCUT2D eigenvalue weighted by molar-refractivity contribution is 7.85. The molecule has 0 aliphatic carbocycles. The third kappa shape index (κ3) is 3.36. The molecular formula is C19H17NO5S. The first-order valence-electron chi connectivity index (χ1n) is 8.13. The Morgan fingerprint density at radius 2 is 1.88 bits per heavy atom. The van der Waals surface area contributed by atoms with Gasteiger partial charge in [-0.3, -0.25) is 9.54 Å². The lowest BCUT2D eigenvalue weighted by molar-refractivity contribution is 0.0934. The van der Waals surface area contributed by atoms with Gasteiger partial charge in [-0.25, -0.2) is 0 Å². The van der Waals surface area contributed by atoms with Gasteiger partial charge in [-0.1, -0.05) is 24.3 Å². The molecule has 6 nitrogen and oxygen atoms in total. The summed E-state index contributed by atoms with van der Waals surface area (Å²) < 4.78 is 42.9. The minimum Gasteiger partial charge on any atom is -0.485 e. The van der Waals surface area contributed by atoms with E-state index < -0.39 is 15.9 Å². The van der Waals surface area contributed by atoms with Crippen molar-refractivity contribution in [2.75, 3.05) is 6.61 Å². The Kier molecular flexibility index (Phi) is 4.05. The second kappa shape index (κ2) is 6.26. The SMILES string of the molecule is Cc1ccc2c3c(ccc2n1)OCC(c1ccc(CS(=O)(=O)O)cc1)O3. The summed E-state index contributed by atoms with van der Waals surface area (Å²) in [4.78, 5) is 4.51. The summed E-state index contributed by atoms with van der Waals surface area (Å²) in [5.41, 5.74) is 3.15. The van der Waals surface area contributed by atoms with E-state index in [1.807, 2.05) is 31.2 Å². The minimum absolute atomic E-state index is 0.311. The first kappa shape index (κ1) is 16.8. The lowest BCUT2D eigenvalue weighted by atomic mass is 10.1. The fourth-order valence-corrected chi connectivity index (χ4v) is 3.65. The summed E-state index contributed by atoms with van der Waals surface area (Å²) in [6.07, 6.45) is -0.311. The first-order valence-corrected chi connectivity index (χ1v) is 9.74. The molecular weight excluding hydrogens is 354 g/mol. The van der Waals surface area contributed by atoms with Gasteiger partial charge in [0.2, 0.25) is 0 Å². The number of ether oxygens (including phenoxy) is 2. The topological polar surface area (TPSA) is 85.7 Å². The van der Waals surface area contributed by atoms with Gasteiger partial charge in [-0.2, -0.15) is 8.42 Å². The molecule has 1 aliphatic heterocycles. The van der Waals surface area contributed by atoms with Crippen LogP contribution in [0.1, 0.15) is 22.9 Å². The van der Waals surface area contributed by atoms with Crippen LogP contribution < -0.4 is 9.47 Å². The summed E-state index contributed by atoms with van der Waals surface area (Å²) in [6, 6.07) is 14.6. The van der Waals surface area contributed by atoms with Crippen molar-refractivity contribution in [2.45, 2.75) is 18.8 Å². The van der Waals surface area contributed by atoms with Crippen molar-refractivity contribution in [3.05, 3.63) is 65.4 Å². The maximum atomic E-state index is 11.0. The van der Waals surface area contributed by atoms with Crippen LogP contribution in [0, 0.1) is 6.92 Å². The summed E-state index contributed by atoms with van der Waals surface area (Å²) in [5.74, 6) is 0.934. The van der Waals surface area contributed by atoms with Crippen LogP contribution in [0.25, 0.3) is 10.9 Å². The molecule has 0 saturated heterocycles. The van der Waals surface area contributed by atoms with E-state index in [1.54, 1.807) is 24.3 Å². The van der Waals surface area contributed by atoms with Gasteiger partial charge < -0.3 is 9.47 Å². The molecule has 26 heavy (non-hydrogen) atoms. The quantitative estimate of drug-likeness (QED) is 0.710. The summed E-state index contributed by atoms with van der Waals surface area (Å²) >= 11 is 0. The molecule has 1 aliphatic rings. The second-order valence-corrected chi connectivity index (χ2v) is 7.75. The number of hydrogen-bond donors (Lipinski definition) is 1. The Balaban J connectivity index is 1.64. The van der Waals surface area contributed by atoms with Gasteiger partial charge in [-0.15, -0.1) is 0 Å². The Labute approximate surface area is 151 Å². The normalized spacial score (nSPS) is 16.6. The number of hydrogen-bond acceptors (Lipinski definition) is 5. The minimum atomic E-state index is -4.05. The monoisotopic (exact) mass is 371 g/mol. The molecule has 0 radical (unpaired) electrons. The van der Waals surface area contributed by atoms with Crippen LogP contribution in [0.4, 0.5) is 0 Å². The number of aryl methyl sites for hydroxylation is 1. The average molecular weight is 371 g/mol. The molecule has 1 unspecified atom stereocenters. The maximum Gasteiger partial charge on any atom is 0.269 e. The highest BCUT2D eigenvalue weighted by atomic mass is 32.2. The summed E-state index contributed by atoms with van der Waals surface area (Å²) in [5, 5.41) is 0.890. The Hall–Kier alpha value is -2.64. The highest BCUT2D eigenvalue weighted by Gasteiger charge is 2.24. The summed E-state index contributed by atoms with van der Waals surface area (Å²) in [6.45, 7) is 2.29. The largest absolute Gasteiger partial charge is 0.485 e. The average Bonchev–Trinajstić information content (AvgIpc) is 2.60. The van der Waals surface area contributed by atoms with Gasteiger partial charge in [0.15, 0.2) is 17.6 Å². The molecule has 1 atom stereocenters. The highest BCUT2D eigenvalue weighted by Crippen LogP contribution is 2.41. The van der Waals surface area contributed by atoms with E-state index in [-0.39, 0.29) is 6.10 Å². The Morgan fingerprint density at radius 1 is 1.12 bits per heavy atom. The molecule has 0 saturated carbocycles. The van der Waals surface area contributed by atoms with Gasteiger partial charge in [-0.05, 0) is 42.3 Å². The zero-order chi connectivity index (χ0) is 18.3. The van der Waals surface area contributed by atoms with Crippen LogP contribution in [0.15, 0.2) is 48.5 Å². The molecule has 2 aromatic carbocycles. The van der Waals surface area contributed by atoms with E-state index in [9.17, 15) is 8.42 Å². The zero-order valence-electron chi connectivity index (χ0n) is 14.0. The van der Waals surface area contributed by atoms with E-state index in [0.717, 1.165) is 22.2 Å². The molecule has 0 amide bonds. The number of nitrogens with zero attached hydrogens (tertiary/aromatic N) is 1. The van der Waals surface area contributed by atoms with E-state index in [1.165, 1.54) is 0 Å². The predicted molar refractivity (Wildman–Crippen MR) is 97.0 cm³/mol. The van der Waals surface area contributed by atoms with Crippen LogP contribution in [0.2, 0.25) is 0 Å². The van der Waals surface area contributed by atoms with Crippen LogP contribution in [-0.2, 0) is 15.9 Å². The van der Waals surface area contributed by atoms with Crippen LogP contribution >= 0.6 is 0 Å². The van der Waals surface area contributed by atoms with E-state index in [0.29, 0.717) is 23.7 Å². The van der Waals surface area contributed by atoms with Gasteiger partial charge in [0.05, 0.1) is 5.52 Å². The molecule has 7 heteroatoms. The Bertz CT molecular complexity index is 1080. The van der Waals surface area contributed by atoms with Crippen LogP contribution in [0.5, 0.6) is 11.5 Å². The van der Waals surface area contributed by atoms with Crippen molar-refractivity contribution in [1.29, 1.82) is 0 Å². The number of benzene rings is 2. The van der Waals surface area contributed by atoms with E-state index in [2.05, 4.69) is 4.98 Å². The molecule has 1 aromatic heterocycles. The molecule has 1 N–H and O–H groups in total. The third-order valence-corrected chi connectivity index (χ3v) is 4.97. The van der Waals surface area contributed by atoms with Gasteiger partial charge in [0.1, 0.15) is 12.4 Å². The number of fused-ring (bicyclic) bond motifs is 3. The fraction of sp³-hybridized carbons (Fsp3) is 0.211. The standard InChI is InChI=1S/C19H17NO5S/c1-12-2-7-15-16(20-12)8-9-17-19(15)25-18(10-24-17)14-5-3-13(4-6-14)11-26(21,22)23/h2-9,18H,10-11H2,1H3,(H,21,22,23). The van der Waals surface area contributed by atoms with Crippen molar-refractivity contribution in [1.82, 2.24) is 4.98 Å². The molecule has 0 bridgehead atoms. The zero-order valence-corrected chi connectivity index (χ0v) is 14.9. The van der Waals surface area contributed by atoms with Gasteiger partial charge >= 0.3 is 0 Å². The van der Waals surface area contributed by atoms with Crippen LogP contribution in [-0.4, -0.2) is 24.6 Å². The van der Waals surface area contributed by atoms with Gasteiger partial charge in [0, 0.05) is 11.1 Å². The molecule has 2 heterocycles. The van der Waals surface area contributed by atoms with Crippen molar-refractivity contribution in [3.63, 3.8) is 0 Å². The molecule has 3 aromatic rings. The first-order chi connectivity index (χ1) is 12.4. The molecule has 134 valence electrons. The smallest absolute Gasteiger partial charge is 0.269 e. The van der Waals surface area contributed by atoms with E-state index >= 15 is 0 Å². The number of aromatic nitrogens is 1. The van der Waals surface area contributed by atoms with Crippen molar-refractivity contribution in [2.24, 2.45) is 0 Å². The molecule has 0 fully saturated rings. The lowest BCUT2D eigenvalue weighted by Crippen LogP contribution is -2.21. The summed E-state index contributed by atoms with van der Waals surface area (Å²) in [7, 11) is -4.05. The lowest BCUT2D eigenvalue weighted by Gasteiger charge is -2.27. The van der Waals surface area contributed by atoms with E-state index in [4.69, 9.17) is 14.0 Å². The number of pyridine rings is 1. The van der Waals surface area contributed by atoms with Crippen molar-refractivity contribution >= 4 is 21.0 Å². The van der Waals surface area contributed by atoms with Crippen molar-refractivity contribution in [3.8, 4) is 11.5 Å². The van der Waals surface area contributed by atoms with Crippen molar-refractivity contribution < 1.29 is 22.4 Å². The second-order valence-electron chi connectivity index (χ2n) is 6.30. The van der Waals surface area contributed by atoms with Crippen LogP contribution in [0.3, 0.4) is 0 Å². The number of rotatable bonds is 3. The Morgan fingerprint density at radius 3 is 2.62 bits per heavy atom.